The monoisotopic (exact) mass is 504 g/mol. The predicted molar refractivity (Wildman–Crippen MR) is 127 cm³/mol. The van der Waals surface area contributed by atoms with Gasteiger partial charge in [0.2, 0.25) is 5.88 Å². The van der Waals surface area contributed by atoms with Crippen LogP contribution in [0.2, 0.25) is 0 Å². The van der Waals surface area contributed by atoms with Crippen LogP contribution in [0.25, 0.3) is 0 Å². The molecule has 31 heavy (non-hydrogen) atoms. The molecule has 1 unspecified atom stereocenters. The Hall–Kier alpha value is -0.706. The fourth-order valence-corrected chi connectivity index (χ4v) is 4.12. The number of hydrogen-bond acceptors (Lipinski definition) is 3. The molecule has 0 amide bonds. The topological polar surface area (TPSA) is 36.3 Å². The molecule has 2 saturated heterocycles. The van der Waals surface area contributed by atoms with Crippen LogP contribution in [0.15, 0.2) is 36.4 Å². The maximum Gasteiger partial charge on any atom is 0.212 e. The minimum absolute atomic E-state index is 0. The summed E-state index contributed by atoms with van der Waals surface area (Å²) in [6.45, 7) is 11.6. The molecule has 1 atom stereocenters. The molecule has 1 radical (unpaired) electrons. The van der Waals surface area contributed by atoms with Crippen molar-refractivity contribution in [3.63, 3.8) is 0 Å². The molecule has 1 aliphatic carbocycles. The number of rotatable bonds is 7. The van der Waals surface area contributed by atoms with Gasteiger partial charge in [-0.25, -0.2) is 4.68 Å². The van der Waals surface area contributed by atoms with Gasteiger partial charge in [0.15, 0.2) is 0 Å². The van der Waals surface area contributed by atoms with Crippen molar-refractivity contribution in [2.45, 2.75) is 98.5 Å². The second kappa shape index (κ2) is 16.9. The molecule has 3 aliphatic rings. The van der Waals surface area contributed by atoms with Crippen LogP contribution in [0.3, 0.4) is 0 Å². The first-order chi connectivity index (χ1) is 14.3. The predicted octanol–water partition coefficient (Wildman–Crippen LogP) is 6.87. The van der Waals surface area contributed by atoms with Crippen molar-refractivity contribution in [2.24, 2.45) is 5.92 Å². The van der Waals surface area contributed by atoms with E-state index in [1.807, 2.05) is 50.6 Å². The van der Waals surface area contributed by atoms with Gasteiger partial charge in [0.25, 0.3) is 0 Å². The number of hydrogen-bond donors (Lipinski definition) is 0. The van der Waals surface area contributed by atoms with Crippen molar-refractivity contribution >= 4 is 0 Å². The van der Waals surface area contributed by atoms with E-state index in [0.29, 0.717) is 24.7 Å². The van der Waals surface area contributed by atoms with Crippen LogP contribution < -0.4 is 4.74 Å². The number of ether oxygens (including phenoxy) is 2. The molecule has 4 nitrogen and oxygen atoms in total. The van der Waals surface area contributed by atoms with Gasteiger partial charge in [0.1, 0.15) is 6.61 Å². The largest absolute Gasteiger partial charge is 0.473 e. The molecule has 1 saturated carbocycles. The second-order valence-electron chi connectivity index (χ2n) is 7.39. The Kier molecular flexibility index (Phi) is 16.5. The normalized spacial score (nSPS) is 20.7. The van der Waals surface area contributed by atoms with Crippen LogP contribution in [0.4, 0.5) is 0 Å². The van der Waals surface area contributed by atoms with E-state index in [4.69, 9.17) is 14.6 Å². The summed E-state index contributed by atoms with van der Waals surface area (Å²) in [6, 6.07) is 12.4. The molecule has 3 fully saturated rings. The maximum atomic E-state index is 6.26. The van der Waals surface area contributed by atoms with E-state index in [0.717, 1.165) is 31.0 Å². The minimum Gasteiger partial charge on any atom is -0.473 e. The molecular weight excluding hydrogens is 461 g/mol. The maximum absolute atomic E-state index is 6.26. The van der Waals surface area contributed by atoms with Gasteiger partial charge >= 0.3 is 0 Å². The Morgan fingerprint density at radius 2 is 1.68 bits per heavy atom. The van der Waals surface area contributed by atoms with Crippen molar-refractivity contribution in [3.05, 3.63) is 55.1 Å². The summed E-state index contributed by atoms with van der Waals surface area (Å²) in [5, 5.41) is 4.80. The molecular formula is C26H43N2O2Y-. The fourth-order valence-electron chi connectivity index (χ4n) is 4.12. The standard InChI is InChI=1S/C21H28N2O2.2C2H6.CH3.Y/c1-2-6-18-13-21(24-15-16-7-4-3-5-8-16)23(22-18)14-20-17-9-11-19(25-20)12-10-17;2*1-2;;/h3-5,7-8,13,17,19-20H,2,6,9-12,14-15H2,1H3;2*1-2H3;1H3;/q;;;-1;. The van der Waals surface area contributed by atoms with Gasteiger partial charge in [0, 0.05) is 38.8 Å². The number of fused-ring (bicyclic) bond motifs is 3. The molecule has 0 spiro atoms. The summed E-state index contributed by atoms with van der Waals surface area (Å²) >= 11 is 0. The molecule has 2 aromatic rings. The third-order valence-electron chi connectivity index (χ3n) is 5.49. The summed E-state index contributed by atoms with van der Waals surface area (Å²) < 4.78 is 14.4. The van der Waals surface area contributed by atoms with E-state index in [9.17, 15) is 0 Å². The number of benzene rings is 1. The summed E-state index contributed by atoms with van der Waals surface area (Å²) in [7, 11) is 0. The van der Waals surface area contributed by atoms with Crippen LogP contribution in [-0.2, 0) is 57.0 Å². The average Bonchev–Trinajstić information content (AvgIpc) is 3.18. The first-order valence-electron chi connectivity index (χ1n) is 11.7. The van der Waals surface area contributed by atoms with Crippen LogP contribution in [0.1, 0.15) is 78.0 Å². The first-order valence-corrected chi connectivity index (χ1v) is 11.7. The van der Waals surface area contributed by atoms with Crippen LogP contribution >= 0.6 is 0 Å². The summed E-state index contributed by atoms with van der Waals surface area (Å²) in [5.74, 6) is 1.56. The molecule has 5 heteroatoms. The molecule has 0 N–H and O–H groups in total. The van der Waals surface area contributed by atoms with E-state index in [-0.39, 0.29) is 40.1 Å². The smallest absolute Gasteiger partial charge is 0.212 e. The molecule has 3 heterocycles. The molecule has 1 aromatic heterocycles. The Bertz CT molecular complexity index is 682. The van der Waals surface area contributed by atoms with Gasteiger partial charge in [-0.1, -0.05) is 71.4 Å². The van der Waals surface area contributed by atoms with Gasteiger partial charge in [-0.3, -0.25) is 0 Å². The Morgan fingerprint density at radius 3 is 2.23 bits per heavy atom. The van der Waals surface area contributed by atoms with Crippen molar-refractivity contribution < 1.29 is 42.2 Å². The summed E-state index contributed by atoms with van der Waals surface area (Å²) in [5.41, 5.74) is 2.30. The second-order valence-corrected chi connectivity index (χ2v) is 7.39. The minimum atomic E-state index is 0. The SMILES string of the molecule is CC.CC.CCCc1cc(OCc2ccccc2)n(CC2OC3CCC2CC3)n1.[CH3-].[Y]. The fraction of sp³-hybridized carbons (Fsp3) is 0.615. The van der Waals surface area contributed by atoms with Gasteiger partial charge < -0.3 is 16.9 Å². The van der Waals surface area contributed by atoms with Gasteiger partial charge in [0.05, 0.1) is 24.4 Å². The van der Waals surface area contributed by atoms with Crippen LogP contribution in [0, 0.1) is 13.3 Å². The molecule has 1 aromatic carbocycles. The summed E-state index contributed by atoms with van der Waals surface area (Å²) in [4.78, 5) is 0. The third-order valence-corrected chi connectivity index (χ3v) is 5.49. The zero-order valence-electron chi connectivity index (χ0n) is 20.6. The Morgan fingerprint density at radius 1 is 1.03 bits per heavy atom. The Labute approximate surface area is 216 Å². The van der Waals surface area contributed by atoms with E-state index in [2.05, 4.69) is 25.1 Å². The molecule has 2 bridgehead atoms. The van der Waals surface area contributed by atoms with Gasteiger partial charge in [-0.05, 0) is 43.6 Å². The Balaban J connectivity index is 0.00000142. The average molecular weight is 505 g/mol. The zero-order chi connectivity index (χ0) is 21.1. The van der Waals surface area contributed by atoms with Crippen molar-refractivity contribution in [3.8, 4) is 5.88 Å². The van der Waals surface area contributed by atoms with Crippen molar-refractivity contribution in [2.75, 3.05) is 0 Å². The van der Waals surface area contributed by atoms with E-state index in [1.165, 1.54) is 31.2 Å². The number of aromatic nitrogens is 2. The molecule has 173 valence electrons. The van der Waals surface area contributed by atoms with Crippen LogP contribution in [-0.4, -0.2) is 22.0 Å². The van der Waals surface area contributed by atoms with Crippen molar-refractivity contribution in [1.29, 1.82) is 0 Å². The quantitative estimate of drug-likeness (QED) is 0.386. The van der Waals surface area contributed by atoms with Gasteiger partial charge in [-0.15, -0.1) is 0 Å². The summed E-state index contributed by atoms with van der Waals surface area (Å²) in [6.07, 6.45) is 7.93. The van der Waals surface area contributed by atoms with E-state index < -0.39 is 0 Å². The third kappa shape index (κ3) is 8.98. The number of aryl methyl sites for hydroxylation is 1. The zero-order valence-corrected chi connectivity index (χ0v) is 23.5. The molecule has 5 rings (SSSR count). The van der Waals surface area contributed by atoms with Crippen LogP contribution in [0.5, 0.6) is 5.88 Å². The van der Waals surface area contributed by atoms with Gasteiger partial charge in [-0.2, -0.15) is 5.10 Å². The van der Waals surface area contributed by atoms with E-state index >= 15 is 0 Å². The van der Waals surface area contributed by atoms with E-state index in [1.54, 1.807) is 0 Å². The first kappa shape index (κ1) is 30.3. The molecule has 2 aliphatic heterocycles. The van der Waals surface area contributed by atoms with Crippen molar-refractivity contribution in [1.82, 2.24) is 9.78 Å². The number of nitrogens with zero attached hydrogens (tertiary/aromatic N) is 2.